The first-order chi connectivity index (χ1) is 10.6. The van der Waals surface area contributed by atoms with Crippen LogP contribution in [-0.4, -0.2) is 16.8 Å². The molecule has 2 aromatic carbocycles. The van der Waals surface area contributed by atoms with Gasteiger partial charge in [0.1, 0.15) is 4.88 Å². The molecule has 0 aliphatic carbocycles. The lowest BCUT2D eigenvalue weighted by molar-refractivity contribution is -0.115. The van der Waals surface area contributed by atoms with Crippen LogP contribution in [0.5, 0.6) is 0 Å². The number of amides is 2. The van der Waals surface area contributed by atoms with E-state index in [-0.39, 0.29) is 12.3 Å². The van der Waals surface area contributed by atoms with Gasteiger partial charge in [-0.2, -0.15) is 0 Å². The first-order valence-electron chi connectivity index (χ1n) is 6.65. The number of anilines is 1. The highest BCUT2D eigenvalue weighted by atomic mass is 32.1. The Labute approximate surface area is 130 Å². The van der Waals surface area contributed by atoms with Gasteiger partial charge in [-0.15, -0.1) is 0 Å². The van der Waals surface area contributed by atoms with Gasteiger partial charge in [-0.3, -0.25) is 9.59 Å². The average molecular weight is 311 g/mol. The summed E-state index contributed by atoms with van der Waals surface area (Å²) in [7, 11) is 0. The maximum absolute atomic E-state index is 12.1. The summed E-state index contributed by atoms with van der Waals surface area (Å²) < 4.78 is 0. The number of benzene rings is 2. The van der Waals surface area contributed by atoms with Crippen LogP contribution in [0.25, 0.3) is 10.8 Å². The highest BCUT2D eigenvalue weighted by Crippen LogP contribution is 2.21. The molecule has 0 aliphatic heterocycles. The molecule has 0 fully saturated rings. The molecular weight excluding hydrogens is 298 g/mol. The summed E-state index contributed by atoms with van der Waals surface area (Å²) >= 11 is 1.07. The minimum absolute atomic E-state index is 0.179. The topological polar surface area (TPSA) is 85.1 Å². The number of carbonyl (C=O) groups excluding carboxylic acids is 2. The first-order valence-corrected chi connectivity index (χ1v) is 7.47. The predicted molar refractivity (Wildman–Crippen MR) is 86.9 cm³/mol. The van der Waals surface area contributed by atoms with E-state index in [9.17, 15) is 9.59 Å². The van der Waals surface area contributed by atoms with E-state index in [1.807, 2.05) is 42.5 Å². The van der Waals surface area contributed by atoms with Crippen LogP contribution in [0.3, 0.4) is 0 Å². The molecule has 0 saturated heterocycles. The van der Waals surface area contributed by atoms with Crippen LogP contribution >= 0.6 is 11.3 Å². The lowest BCUT2D eigenvalue weighted by Crippen LogP contribution is -2.14. The molecule has 0 aliphatic rings. The zero-order chi connectivity index (χ0) is 15.5. The number of nitrogens with zero attached hydrogens (tertiary/aromatic N) is 1. The Morgan fingerprint density at radius 1 is 1.14 bits per heavy atom. The van der Waals surface area contributed by atoms with E-state index in [0.717, 1.165) is 27.7 Å². The van der Waals surface area contributed by atoms with Crippen LogP contribution in [0.15, 0.2) is 48.7 Å². The third kappa shape index (κ3) is 2.96. The molecule has 0 bridgehead atoms. The average Bonchev–Trinajstić information content (AvgIpc) is 2.96. The Morgan fingerprint density at radius 2 is 1.91 bits per heavy atom. The Morgan fingerprint density at radius 3 is 2.68 bits per heavy atom. The molecule has 0 spiro atoms. The van der Waals surface area contributed by atoms with Crippen LogP contribution < -0.4 is 11.1 Å². The van der Waals surface area contributed by atoms with Crippen LogP contribution in [0.4, 0.5) is 5.13 Å². The molecule has 2 amide bonds. The summed E-state index contributed by atoms with van der Waals surface area (Å²) in [6.45, 7) is 0. The molecule has 110 valence electrons. The summed E-state index contributed by atoms with van der Waals surface area (Å²) in [5.41, 5.74) is 6.11. The molecule has 3 N–H and O–H groups in total. The van der Waals surface area contributed by atoms with Crippen molar-refractivity contribution < 1.29 is 9.59 Å². The van der Waals surface area contributed by atoms with E-state index in [0.29, 0.717) is 10.0 Å². The number of nitrogens with two attached hydrogens (primary N) is 1. The lowest BCUT2D eigenvalue weighted by Gasteiger charge is -2.06. The van der Waals surface area contributed by atoms with Gasteiger partial charge in [-0.05, 0) is 16.3 Å². The molecule has 3 rings (SSSR count). The molecular formula is C16H13N3O2S. The van der Waals surface area contributed by atoms with E-state index in [4.69, 9.17) is 5.73 Å². The third-order valence-electron chi connectivity index (χ3n) is 3.23. The summed E-state index contributed by atoms with van der Waals surface area (Å²) in [6, 6.07) is 13.8. The van der Waals surface area contributed by atoms with E-state index in [1.54, 1.807) is 0 Å². The van der Waals surface area contributed by atoms with Crippen LogP contribution in [-0.2, 0) is 11.2 Å². The summed E-state index contributed by atoms with van der Waals surface area (Å²) in [5, 5.41) is 5.21. The van der Waals surface area contributed by atoms with Crippen LogP contribution in [0, 0.1) is 0 Å². The predicted octanol–water partition coefficient (Wildman–Crippen LogP) is 2.58. The van der Waals surface area contributed by atoms with Crippen molar-refractivity contribution in [2.24, 2.45) is 5.73 Å². The standard InChI is InChI=1S/C16H13N3O2S/c17-15(21)13-9-18-16(22-13)19-14(20)8-11-6-3-5-10-4-1-2-7-12(10)11/h1-7,9H,8H2,(H2,17,21)(H,18,19,20). The summed E-state index contributed by atoms with van der Waals surface area (Å²) in [5.74, 6) is -0.728. The zero-order valence-corrected chi connectivity index (χ0v) is 12.4. The second kappa shape index (κ2) is 5.95. The first kappa shape index (κ1) is 14.2. The number of aromatic nitrogens is 1. The largest absolute Gasteiger partial charge is 0.365 e. The molecule has 0 unspecified atom stereocenters. The highest BCUT2D eigenvalue weighted by Gasteiger charge is 2.11. The number of carbonyl (C=O) groups is 2. The number of primary amides is 1. The van der Waals surface area contributed by atoms with Gasteiger partial charge in [0.15, 0.2) is 5.13 Å². The number of fused-ring (bicyclic) bond motifs is 1. The van der Waals surface area contributed by atoms with Crippen molar-refractivity contribution in [3.63, 3.8) is 0 Å². The van der Waals surface area contributed by atoms with Gasteiger partial charge < -0.3 is 11.1 Å². The van der Waals surface area contributed by atoms with Crippen molar-refractivity contribution in [1.82, 2.24) is 4.98 Å². The maximum atomic E-state index is 12.1. The van der Waals surface area contributed by atoms with Crippen molar-refractivity contribution in [3.05, 3.63) is 59.1 Å². The van der Waals surface area contributed by atoms with Gasteiger partial charge in [-0.1, -0.05) is 53.8 Å². The molecule has 0 atom stereocenters. The number of nitrogens with one attached hydrogen (secondary N) is 1. The SMILES string of the molecule is NC(=O)c1cnc(NC(=O)Cc2cccc3ccccc23)s1. The van der Waals surface area contributed by atoms with E-state index >= 15 is 0 Å². The number of hydrogen-bond acceptors (Lipinski definition) is 4. The lowest BCUT2D eigenvalue weighted by atomic mass is 10.0. The normalized spacial score (nSPS) is 10.5. The molecule has 1 heterocycles. The summed E-state index contributed by atoms with van der Waals surface area (Å²) in [4.78, 5) is 27.4. The van der Waals surface area contributed by atoms with Crippen molar-refractivity contribution in [3.8, 4) is 0 Å². The minimum Gasteiger partial charge on any atom is -0.365 e. The summed E-state index contributed by atoms with van der Waals surface area (Å²) in [6.07, 6.45) is 1.60. The maximum Gasteiger partial charge on any atom is 0.260 e. The number of thiazole rings is 1. The highest BCUT2D eigenvalue weighted by molar-refractivity contribution is 7.17. The van der Waals surface area contributed by atoms with Crippen molar-refractivity contribution >= 4 is 39.1 Å². The smallest absolute Gasteiger partial charge is 0.260 e. The quantitative estimate of drug-likeness (QED) is 0.776. The van der Waals surface area contributed by atoms with E-state index < -0.39 is 5.91 Å². The van der Waals surface area contributed by atoms with Crippen molar-refractivity contribution in [1.29, 1.82) is 0 Å². The van der Waals surface area contributed by atoms with E-state index in [2.05, 4.69) is 10.3 Å². The molecule has 22 heavy (non-hydrogen) atoms. The van der Waals surface area contributed by atoms with Gasteiger partial charge in [0.25, 0.3) is 5.91 Å². The fourth-order valence-corrected chi connectivity index (χ4v) is 2.91. The van der Waals surface area contributed by atoms with E-state index in [1.165, 1.54) is 6.20 Å². The van der Waals surface area contributed by atoms with Gasteiger partial charge in [0.05, 0.1) is 12.6 Å². The Kier molecular flexibility index (Phi) is 3.84. The Balaban J connectivity index is 1.77. The number of rotatable bonds is 4. The van der Waals surface area contributed by atoms with Gasteiger partial charge in [0.2, 0.25) is 5.91 Å². The Hall–Kier alpha value is -2.73. The van der Waals surface area contributed by atoms with Crippen molar-refractivity contribution in [2.75, 3.05) is 5.32 Å². The fourth-order valence-electron chi connectivity index (χ4n) is 2.23. The molecule has 0 saturated carbocycles. The Bertz CT molecular complexity index is 852. The van der Waals surface area contributed by atoms with Gasteiger partial charge >= 0.3 is 0 Å². The molecule has 6 heteroatoms. The van der Waals surface area contributed by atoms with Gasteiger partial charge in [0, 0.05) is 0 Å². The van der Waals surface area contributed by atoms with Crippen LogP contribution in [0.1, 0.15) is 15.2 Å². The van der Waals surface area contributed by atoms with Crippen LogP contribution in [0.2, 0.25) is 0 Å². The monoisotopic (exact) mass is 311 g/mol. The zero-order valence-electron chi connectivity index (χ0n) is 11.6. The van der Waals surface area contributed by atoms with Crippen molar-refractivity contribution in [2.45, 2.75) is 6.42 Å². The fraction of sp³-hybridized carbons (Fsp3) is 0.0625. The molecule has 3 aromatic rings. The molecule has 0 radical (unpaired) electrons. The third-order valence-corrected chi connectivity index (χ3v) is 4.15. The molecule has 1 aromatic heterocycles. The molecule has 5 nitrogen and oxygen atoms in total. The second-order valence-electron chi connectivity index (χ2n) is 4.76. The van der Waals surface area contributed by atoms with Gasteiger partial charge in [-0.25, -0.2) is 4.98 Å². The number of hydrogen-bond donors (Lipinski definition) is 2. The minimum atomic E-state index is -0.549. The second-order valence-corrected chi connectivity index (χ2v) is 5.79.